The molecular formula is C18H19BrN2O2S. The van der Waals surface area contributed by atoms with E-state index in [-0.39, 0.29) is 11.8 Å². The van der Waals surface area contributed by atoms with E-state index in [2.05, 4.69) is 15.9 Å². The first-order chi connectivity index (χ1) is 11.5. The molecule has 0 aliphatic carbocycles. The van der Waals surface area contributed by atoms with Gasteiger partial charge in [-0.1, -0.05) is 12.1 Å². The van der Waals surface area contributed by atoms with Gasteiger partial charge in [0, 0.05) is 40.4 Å². The molecule has 3 rings (SSSR count). The quantitative estimate of drug-likeness (QED) is 0.756. The van der Waals surface area contributed by atoms with Gasteiger partial charge in [0.15, 0.2) is 0 Å². The molecule has 1 fully saturated rings. The molecule has 6 heteroatoms. The Kier molecular flexibility index (Phi) is 5.36. The lowest BCUT2D eigenvalue weighted by atomic mass is 10.1. The number of amides is 2. The number of halogens is 1. The van der Waals surface area contributed by atoms with E-state index in [0.29, 0.717) is 19.4 Å². The number of nitrogens with zero attached hydrogens (tertiary/aromatic N) is 2. The van der Waals surface area contributed by atoms with E-state index in [0.717, 1.165) is 33.6 Å². The fraction of sp³-hybridized carbons (Fsp3) is 0.333. The first-order valence-corrected chi connectivity index (χ1v) is 9.56. The molecular weight excluding hydrogens is 388 g/mol. The predicted molar refractivity (Wildman–Crippen MR) is 100 cm³/mol. The van der Waals surface area contributed by atoms with Gasteiger partial charge < -0.3 is 9.80 Å². The van der Waals surface area contributed by atoms with Crippen LogP contribution in [0.25, 0.3) is 0 Å². The largest absolute Gasteiger partial charge is 0.340 e. The zero-order chi connectivity index (χ0) is 17.1. The molecule has 2 aromatic rings. The average molecular weight is 407 g/mol. The first-order valence-electron chi connectivity index (χ1n) is 7.89. The van der Waals surface area contributed by atoms with Crippen molar-refractivity contribution in [2.45, 2.75) is 25.8 Å². The summed E-state index contributed by atoms with van der Waals surface area (Å²) < 4.78 is 1.05. The summed E-state index contributed by atoms with van der Waals surface area (Å²) >= 11 is 5.07. The van der Waals surface area contributed by atoms with Crippen molar-refractivity contribution >= 4 is 44.8 Å². The summed E-state index contributed by atoms with van der Waals surface area (Å²) in [6.07, 6.45) is 1.92. The smallest absolute Gasteiger partial charge is 0.227 e. The lowest BCUT2D eigenvalue weighted by Crippen LogP contribution is -2.27. The van der Waals surface area contributed by atoms with Gasteiger partial charge in [-0.25, -0.2) is 0 Å². The second-order valence-electron chi connectivity index (χ2n) is 5.97. The second-order valence-corrected chi connectivity index (χ2v) is 7.88. The van der Waals surface area contributed by atoms with E-state index in [4.69, 9.17) is 0 Å². The summed E-state index contributed by atoms with van der Waals surface area (Å²) in [6.45, 7) is 1.41. The summed E-state index contributed by atoms with van der Waals surface area (Å²) in [4.78, 5) is 28.8. The number of carbonyl (C=O) groups excluding carboxylic acids is 2. The minimum Gasteiger partial charge on any atom is -0.340 e. The third-order valence-corrected chi connectivity index (χ3v) is 5.80. The van der Waals surface area contributed by atoms with Gasteiger partial charge in [-0.05, 0) is 46.1 Å². The number of anilines is 1. The van der Waals surface area contributed by atoms with Gasteiger partial charge in [0.25, 0.3) is 0 Å². The summed E-state index contributed by atoms with van der Waals surface area (Å²) in [5, 5.41) is 2.02. The number of thiophene rings is 1. The zero-order valence-electron chi connectivity index (χ0n) is 13.5. The number of likely N-dealkylation sites (N-methyl/N-ethyl adjacent to an activating group) is 1. The van der Waals surface area contributed by atoms with E-state index in [1.165, 1.54) is 0 Å². The summed E-state index contributed by atoms with van der Waals surface area (Å²) in [6, 6.07) is 9.78. The van der Waals surface area contributed by atoms with Gasteiger partial charge in [0.05, 0.1) is 13.0 Å². The van der Waals surface area contributed by atoms with Crippen molar-refractivity contribution in [1.29, 1.82) is 0 Å². The maximum absolute atomic E-state index is 12.4. The van der Waals surface area contributed by atoms with Crippen LogP contribution >= 0.6 is 27.3 Å². The highest BCUT2D eigenvalue weighted by molar-refractivity contribution is 9.10. The number of hydrogen-bond acceptors (Lipinski definition) is 3. The molecule has 126 valence electrons. The monoisotopic (exact) mass is 406 g/mol. The van der Waals surface area contributed by atoms with Gasteiger partial charge in [0.1, 0.15) is 0 Å². The van der Waals surface area contributed by atoms with E-state index >= 15 is 0 Å². The Morgan fingerprint density at radius 1 is 1.33 bits per heavy atom. The average Bonchev–Trinajstić information content (AvgIpc) is 3.16. The normalized spacial score (nSPS) is 14.2. The van der Waals surface area contributed by atoms with Crippen LogP contribution in [0.2, 0.25) is 0 Å². The van der Waals surface area contributed by atoms with Crippen LogP contribution < -0.4 is 4.90 Å². The summed E-state index contributed by atoms with van der Waals surface area (Å²) in [5.41, 5.74) is 1.89. The van der Waals surface area contributed by atoms with Crippen LogP contribution in [0.15, 0.2) is 40.2 Å². The minimum absolute atomic E-state index is 0.0875. The molecule has 1 aliphatic rings. The molecule has 0 atom stereocenters. The lowest BCUT2D eigenvalue weighted by Gasteiger charge is -2.18. The Hall–Kier alpha value is -1.66. The van der Waals surface area contributed by atoms with Crippen LogP contribution in [0.4, 0.5) is 5.69 Å². The third kappa shape index (κ3) is 4.05. The zero-order valence-corrected chi connectivity index (χ0v) is 15.9. The van der Waals surface area contributed by atoms with Gasteiger partial charge in [-0.2, -0.15) is 0 Å². The molecule has 1 aromatic heterocycles. The number of benzene rings is 1. The van der Waals surface area contributed by atoms with Crippen LogP contribution in [0.5, 0.6) is 0 Å². The highest BCUT2D eigenvalue weighted by Crippen LogP contribution is 2.23. The van der Waals surface area contributed by atoms with Crippen molar-refractivity contribution in [3.8, 4) is 0 Å². The molecule has 4 nitrogen and oxygen atoms in total. The second kappa shape index (κ2) is 7.49. The number of hydrogen-bond donors (Lipinski definition) is 0. The molecule has 0 N–H and O–H groups in total. The SMILES string of the molecule is CN(Cc1cc(Br)cs1)C(=O)Cc1ccc(N2CCCC2=O)cc1. The van der Waals surface area contributed by atoms with E-state index in [1.54, 1.807) is 16.2 Å². The van der Waals surface area contributed by atoms with Gasteiger partial charge in [0.2, 0.25) is 11.8 Å². The van der Waals surface area contributed by atoms with E-state index in [1.807, 2.05) is 47.7 Å². The Labute approximate surface area is 154 Å². The summed E-state index contributed by atoms with van der Waals surface area (Å²) in [7, 11) is 1.83. The Morgan fingerprint density at radius 3 is 2.67 bits per heavy atom. The van der Waals surface area contributed by atoms with Crippen molar-refractivity contribution in [2.75, 3.05) is 18.5 Å². The number of carbonyl (C=O) groups is 2. The fourth-order valence-electron chi connectivity index (χ4n) is 2.78. The van der Waals surface area contributed by atoms with Crippen molar-refractivity contribution in [3.63, 3.8) is 0 Å². The van der Waals surface area contributed by atoms with Crippen molar-refractivity contribution < 1.29 is 9.59 Å². The molecule has 1 aliphatic heterocycles. The molecule has 1 aromatic carbocycles. The molecule has 2 heterocycles. The molecule has 1 saturated heterocycles. The van der Waals surface area contributed by atoms with Crippen molar-refractivity contribution in [2.24, 2.45) is 0 Å². The topological polar surface area (TPSA) is 40.6 Å². The van der Waals surface area contributed by atoms with Gasteiger partial charge >= 0.3 is 0 Å². The van der Waals surface area contributed by atoms with Crippen LogP contribution in [0.3, 0.4) is 0 Å². The van der Waals surface area contributed by atoms with Crippen molar-refractivity contribution in [1.82, 2.24) is 4.90 Å². The molecule has 2 amide bonds. The predicted octanol–water partition coefficient (Wildman–Crippen LogP) is 3.84. The maximum Gasteiger partial charge on any atom is 0.227 e. The first kappa shape index (κ1) is 17.2. The number of rotatable bonds is 5. The maximum atomic E-state index is 12.4. The minimum atomic E-state index is 0.0875. The Morgan fingerprint density at radius 2 is 2.08 bits per heavy atom. The Bertz CT molecular complexity index is 742. The van der Waals surface area contributed by atoms with Crippen LogP contribution in [0.1, 0.15) is 23.3 Å². The molecule has 0 spiro atoms. The Balaban J connectivity index is 1.58. The van der Waals surface area contributed by atoms with Crippen LogP contribution in [-0.2, 0) is 22.6 Å². The van der Waals surface area contributed by atoms with Crippen LogP contribution in [0, 0.1) is 0 Å². The van der Waals surface area contributed by atoms with Gasteiger partial charge in [-0.3, -0.25) is 9.59 Å². The third-order valence-electron chi connectivity index (χ3n) is 4.12. The highest BCUT2D eigenvalue weighted by Gasteiger charge is 2.21. The van der Waals surface area contributed by atoms with Crippen molar-refractivity contribution in [3.05, 3.63) is 50.6 Å². The summed E-state index contributed by atoms with van der Waals surface area (Å²) in [5.74, 6) is 0.269. The molecule has 0 unspecified atom stereocenters. The molecule has 0 radical (unpaired) electrons. The molecule has 0 bridgehead atoms. The van der Waals surface area contributed by atoms with Crippen LogP contribution in [-0.4, -0.2) is 30.3 Å². The lowest BCUT2D eigenvalue weighted by molar-refractivity contribution is -0.129. The molecule has 0 saturated carbocycles. The highest BCUT2D eigenvalue weighted by atomic mass is 79.9. The van der Waals surface area contributed by atoms with Gasteiger partial charge in [-0.15, -0.1) is 11.3 Å². The standard InChI is InChI=1S/C18H19BrN2O2S/c1-20(11-16-10-14(19)12-24-16)18(23)9-13-4-6-15(7-5-13)21-8-2-3-17(21)22/h4-7,10,12H,2-3,8-9,11H2,1H3. The molecule has 24 heavy (non-hydrogen) atoms. The van der Waals surface area contributed by atoms with E-state index < -0.39 is 0 Å². The fourth-order valence-corrected chi connectivity index (χ4v) is 4.29. The van der Waals surface area contributed by atoms with E-state index in [9.17, 15) is 9.59 Å².